The van der Waals surface area contributed by atoms with E-state index in [1.807, 2.05) is 13.8 Å². The van der Waals surface area contributed by atoms with E-state index in [0.717, 1.165) is 0 Å². The van der Waals surface area contributed by atoms with Crippen LogP contribution in [-0.4, -0.2) is 23.9 Å². The van der Waals surface area contributed by atoms with Gasteiger partial charge >= 0.3 is 6.08 Å². The summed E-state index contributed by atoms with van der Waals surface area (Å²) in [5, 5.41) is 3.24. The minimum absolute atomic E-state index is 0. The Bertz CT molecular complexity index is 1200. The van der Waals surface area contributed by atoms with Crippen LogP contribution in [0, 0.1) is 11.9 Å². The quantitative estimate of drug-likeness (QED) is 0.243. The van der Waals surface area contributed by atoms with Crippen LogP contribution >= 0.6 is 11.6 Å². The molecule has 4 rings (SSSR count). The first-order valence-corrected chi connectivity index (χ1v) is 11.1. The number of fused-ring (bicyclic) bond motifs is 1. The normalized spacial score (nSPS) is 10.5. The average Bonchev–Trinajstić information content (AvgIpc) is 3.23. The summed E-state index contributed by atoms with van der Waals surface area (Å²) in [6, 6.07) is 19.4. The summed E-state index contributed by atoms with van der Waals surface area (Å²) < 4.78 is 29.0. The number of Topliss-reactive ketones (excluding diaryl/α,β-unsaturated/α-hetero) is 1. The summed E-state index contributed by atoms with van der Waals surface area (Å²) in [5.41, 5.74) is 1.64. The van der Waals surface area contributed by atoms with Crippen LogP contribution in [0.3, 0.4) is 0 Å². The minimum Gasteiger partial charge on any atom is -0.483 e. The fourth-order valence-electron chi connectivity index (χ4n) is 2.50. The SMILES string of the molecule is CC.CC(=O)[C@@H](C)Oc1ccc(Oc2nc3ccc(Cl)cc3o2)cc1.CNc1[c-]cccc1F.[Y]. The summed E-state index contributed by atoms with van der Waals surface area (Å²) >= 11 is 5.90. The number of anilines is 1. The predicted molar refractivity (Wildman–Crippen MR) is 132 cm³/mol. The van der Waals surface area contributed by atoms with Gasteiger partial charge in [0.15, 0.2) is 17.5 Å². The average molecular weight is 575 g/mol. The van der Waals surface area contributed by atoms with Crippen LogP contribution in [0.4, 0.5) is 10.1 Å². The molecule has 0 fully saturated rings. The van der Waals surface area contributed by atoms with E-state index in [1.54, 1.807) is 68.6 Å². The maximum absolute atomic E-state index is 12.5. The third-order valence-corrected chi connectivity index (χ3v) is 4.54. The molecule has 1 radical (unpaired) electrons. The number of benzene rings is 3. The molecule has 3 aromatic carbocycles. The number of hydrogen-bond donors (Lipinski definition) is 1. The molecule has 1 atom stereocenters. The van der Waals surface area contributed by atoms with Gasteiger partial charge < -0.3 is 19.2 Å². The van der Waals surface area contributed by atoms with Crippen molar-refractivity contribution < 1.29 is 55.8 Å². The van der Waals surface area contributed by atoms with Crippen molar-refractivity contribution in [1.29, 1.82) is 0 Å². The third-order valence-electron chi connectivity index (χ3n) is 4.30. The second kappa shape index (κ2) is 15.5. The molecule has 1 N–H and O–H groups in total. The maximum atomic E-state index is 12.5. The molecule has 0 saturated heterocycles. The molecule has 35 heavy (non-hydrogen) atoms. The summed E-state index contributed by atoms with van der Waals surface area (Å²) in [6.45, 7) is 7.19. The van der Waals surface area contributed by atoms with Gasteiger partial charge in [0.2, 0.25) is 0 Å². The summed E-state index contributed by atoms with van der Waals surface area (Å²) in [7, 11) is 1.66. The fraction of sp³-hybridized carbons (Fsp3) is 0.231. The zero-order chi connectivity index (χ0) is 25.1. The van der Waals surface area contributed by atoms with Gasteiger partial charge in [0.1, 0.15) is 17.0 Å². The second-order valence-corrected chi connectivity index (χ2v) is 7.12. The van der Waals surface area contributed by atoms with Gasteiger partial charge in [-0.05, 0) is 55.9 Å². The third kappa shape index (κ3) is 9.59. The van der Waals surface area contributed by atoms with Crippen LogP contribution in [0.2, 0.25) is 5.02 Å². The Kier molecular flexibility index (Phi) is 13.5. The molecule has 0 spiro atoms. The molecule has 1 aromatic heterocycles. The number of hydrogen-bond acceptors (Lipinski definition) is 6. The number of rotatable bonds is 6. The van der Waals surface area contributed by atoms with Crippen LogP contribution in [-0.2, 0) is 37.5 Å². The number of oxazole rings is 1. The number of carbonyl (C=O) groups is 1. The Morgan fingerprint density at radius 1 is 1.14 bits per heavy atom. The fourth-order valence-corrected chi connectivity index (χ4v) is 2.67. The van der Waals surface area contributed by atoms with Gasteiger partial charge in [-0.25, -0.2) is 0 Å². The molecule has 4 aromatic rings. The van der Waals surface area contributed by atoms with Crippen molar-refractivity contribution >= 4 is 34.2 Å². The Morgan fingerprint density at radius 2 is 1.80 bits per heavy atom. The first-order valence-electron chi connectivity index (χ1n) is 10.7. The molecular weight excluding hydrogens is 548 g/mol. The van der Waals surface area contributed by atoms with Gasteiger partial charge in [-0.15, -0.1) is 6.07 Å². The summed E-state index contributed by atoms with van der Waals surface area (Å²) in [5.74, 6) is 0.838. The Balaban J connectivity index is 0.000000430. The van der Waals surface area contributed by atoms with Gasteiger partial charge in [0.25, 0.3) is 0 Å². The van der Waals surface area contributed by atoms with Crippen molar-refractivity contribution in [3.8, 4) is 17.6 Å². The molecule has 0 aliphatic carbocycles. The smallest absolute Gasteiger partial charge is 0.400 e. The molecular formula is C26H27ClFN2O4Y-. The zero-order valence-electron chi connectivity index (χ0n) is 20.3. The van der Waals surface area contributed by atoms with Gasteiger partial charge in [0.05, 0.1) is 0 Å². The first kappa shape index (κ1) is 30.6. The topological polar surface area (TPSA) is 73.6 Å². The van der Waals surface area contributed by atoms with Crippen molar-refractivity contribution in [2.75, 3.05) is 12.4 Å². The number of carbonyl (C=O) groups excluding carboxylic acids is 1. The number of nitrogens with zero attached hydrogens (tertiary/aromatic N) is 1. The van der Waals surface area contributed by atoms with E-state index >= 15 is 0 Å². The van der Waals surface area contributed by atoms with Crippen molar-refractivity contribution in [3.05, 3.63) is 77.6 Å². The maximum Gasteiger partial charge on any atom is 0.400 e. The molecule has 183 valence electrons. The summed E-state index contributed by atoms with van der Waals surface area (Å²) in [4.78, 5) is 15.4. The number of para-hydroxylation sites is 1. The number of ether oxygens (including phenoxy) is 2. The van der Waals surface area contributed by atoms with Gasteiger partial charge in [-0.2, -0.15) is 23.2 Å². The Morgan fingerprint density at radius 3 is 2.37 bits per heavy atom. The molecule has 0 amide bonds. The van der Waals surface area contributed by atoms with E-state index in [9.17, 15) is 9.18 Å². The monoisotopic (exact) mass is 574 g/mol. The Labute approximate surface area is 235 Å². The van der Waals surface area contributed by atoms with E-state index in [-0.39, 0.29) is 50.4 Å². The number of nitrogens with one attached hydrogen (secondary N) is 1. The van der Waals surface area contributed by atoms with Crippen LogP contribution in [0.25, 0.3) is 11.1 Å². The molecule has 1 heterocycles. The van der Waals surface area contributed by atoms with Crippen molar-refractivity contribution in [1.82, 2.24) is 4.98 Å². The van der Waals surface area contributed by atoms with Crippen LogP contribution in [0.5, 0.6) is 17.6 Å². The zero-order valence-corrected chi connectivity index (χ0v) is 23.9. The van der Waals surface area contributed by atoms with E-state index in [0.29, 0.717) is 33.3 Å². The largest absolute Gasteiger partial charge is 0.483 e. The number of ketones is 1. The second-order valence-electron chi connectivity index (χ2n) is 6.68. The molecule has 0 aliphatic heterocycles. The van der Waals surface area contributed by atoms with Crippen LogP contribution in [0.1, 0.15) is 27.7 Å². The molecule has 9 heteroatoms. The molecule has 0 unspecified atom stereocenters. The predicted octanol–water partition coefficient (Wildman–Crippen LogP) is 7.32. The molecule has 6 nitrogen and oxygen atoms in total. The first-order chi connectivity index (χ1) is 16.4. The van der Waals surface area contributed by atoms with E-state index in [4.69, 9.17) is 25.5 Å². The number of aromatic nitrogens is 1. The van der Waals surface area contributed by atoms with Crippen molar-refractivity contribution in [2.45, 2.75) is 33.8 Å². The van der Waals surface area contributed by atoms with E-state index < -0.39 is 6.10 Å². The van der Waals surface area contributed by atoms with E-state index in [1.165, 1.54) is 13.0 Å². The van der Waals surface area contributed by atoms with Crippen LogP contribution < -0.4 is 14.8 Å². The molecule has 0 bridgehead atoms. The molecule has 0 aliphatic rings. The summed E-state index contributed by atoms with van der Waals surface area (Å²) in [6.07, 6.45) is -0.350. The minimum atomic E-state index is -0.483. The van der Waals surface area contributed by atoms with Gasteiger partial charge in [0, 0.05) is 56.7 Å². The standard InChI is InChI=1S/C17H14ClNO4.C7H7FN.C2H6.Y/c1-10(20)11(2)21-13-4-6-14(7-5-13)22-17-19-15-8-3-12(18)9-16(15)23-17;1-9-7-5-3-2-4-6(7)8;1-2;/h3-9,11H,1-2H3;2-4,9H,1H3;1-2H3;/q;-1;;/t11-;;;/m1.../s1. The van der Waals surface area contributed by atoms with E-state index in [2.05, 4.69) is 16.4 Å². The van der Waals surface area contributed by atoms with Gasteiger partial charge in [-0.1, -0.05) is 25.4 Å². The molecule has 0 saturated carbocycles. The van der Waals surface area contributed by atoms with Gasteiger partial charge in [-0.3, -0.25) is 9.18 Å². The van der Waals surface area contributed by atoms with Crippen molar-refractivity contribution in [2.24, 2.45) is 0 Å². The number of halogens is 2. The Hall–Kier alpha value is -2.48. The van der Waals surface area contributed by atoms with Crippen molar-refractivity contribution in [3.63, 3.8) is 0 Å². The van der Waals surface area contributed by atoms with Crippen LogP contribution in [0.15, 0.2) is 65.1 Å².